The van der Waals surface area contributed by atoms with Crippen molar-refractivity contribution in [3.05, 3.63) is 65.9 Å². The number of rotatable bonds is 3. The van der Waals surface area contributed by atoms with E-state index >= 15 is 0 Å². The maximum absolute atomic E-state index is 13.1. The molecule has 2 saturated heterocycles. The fourth-order valence-corrected chi connectivity index (χ4v) is 4.42. The lowest BCUT2D eigenvalue weighted by atomic mass is 9.94. The average molecular weight is 387 g/mol. The molecule has 5 rings (SSSR count). The van der Waals surface area contributed by atoms with Crippen LogP contribution in [0.1, 0.15) is 28.8 Å². The Morgan fingerprint density at radius 3 is 2.62 bits per heavy atom. The molecule has 0 saturated carbocycles. The van der Waals surface area contributed by atoms with Gasteiger partial charge in [-0.05, 0) is 18.2 Å². The molecule has 0 spiro atoms. The van der Waals surface area contributed by atoms with Gasteiger partial charge in [0.05, 0.1) is 35.5 Å². The van der Waals surface area contributed by atoms with Crippen molar-refractivity contribution in [2.45, 2.75) is 31.0 Å². The number of benzene rings is 2. The summed E-state index contributed by atoms with van der Waals surface area (Å²) in [5.41, 5.74) is 2.70. The van der Waals surface area contributed by atoms with Gasteiger partial charge in [-0.1, -0.05) is 30.3 Å². The third-order valence-corrected chi connectivity index (χ3v) is 5.69. The van der Waals surface area contributed by atoms with E-state index in [0.29, 0.717) is 24.3 Å². The lowest BCUT2D eigenvalue weighted by Crippen LogP contribution is -2.56. The number of hydrogen-bond donors (Lipinski definition) is 1. The SMILES string of the molecule is N#Cc1ccccc1-n1cc(C(=O)OC2C[C@H]3COC[C@@H](C2)N3)c2ccccc21. The van der Waals surface area contributed by atoms with Crippen LogP contribution in [0.15, 0.2) is 54.7 Å². The first-order valence-electron chi connectivity index (χ1n) is 9.87. The first-order valence-corrected chi connectivity index (χ1v) is 9.87. The Morgan fingerprint density at radius 1 is 1.10 bits per heavy atom. The lowest BCUT2D eigenvalue weighted by Gasteiger charge is -2.39. The zero-order valence-electron chi connectivity index (χ0n) is 15.9. The van der Waals surface area contributed by atoms with Crippen LogP contribution in [0.25, 0.3) is 16.6 Å². The van der Waals surface area contributed by atoms with Crippen LogP contribution in [0, 0.1) is 11.3 Å². The highest BCUT2D eigenvalue weighted by Crippen LogP contribution is 2.29. The molecule has 0 amide bonds. The molecule has 29 heavy (non-hydrogen) atoms. The molecular weight excluding hydrogens is 366 g/mol. The van der Waals surface area contributed by atoms with Crippen molar-refractivity contribution in [3.63, 3.8) is 0 Å². The number of ether oxygens (including phenoxy) is 2. The minimum Gasteiger partial charge on any atom is -0.459 e. The van der Waals surface area contributed by atoms with Gasteiger partial charge in [-0.15, -0.1) is 0 Å². The van der Waals surface area contributed by atoms with Gasteiger partial charge < -0.3 is 19.4 Å². The minimum atomic E-state index is -0.319. The van der Waals surface area contributed by atoms with Gasteiger partial charge in [-0.2, -0.15) is 5.26 Å². The molecule has 0 radical (unpaired) electrons. The molecule has 2 aromatic carbocycles. The van der Waals surface area contributed by atoms with Gasteiger partial charge >= 0.3 is 5.97 Å². The first kappa shape index (κ1) is 17.9. The highest BCUT2D eigenvalue weighted by molar-refractivity contribution is 6.05. The first-order chi connectivity index (χ1) is 14.2. The molecule has 6 heteroatoms. The Hall–Kier alpha value is -3.14. The van der Waals surface area contributed by atoms with Crippen molar-refractivity contribution in [2.24, 2.45) is 0 Å². The number of esters is 1. The molecule has 2 aliphatic rings. The van der Waals surface area contributed by atoms with Crippen molar-refractivity contribution in [3.8, 4) is 11.8 Å². The molecule has 1 aromatic heterocycles. The van der Waals surface area contributed by atoms with Crippen molar-refractivity contribution in [1.29, 1.82) is 5.26 Å². The molecule has 3 atom stereocenters. The van der Waals surface area contributed by atoms with E-state index in [-0.39, 0.29) is 24.2 Å². The number of hydrogen-bond acceptors (Lipinski definition) is 5. The smallest absolute Gasteiger partial charge is 0.340 e. The summed E-state index contributed by atoms with van der Waals surface area (Å²) in [4.78, 5) is 13.1. The van der Waals surface area contributed by atoms with E-state index in [1.165, 1.54) is 0 Å². The fraction of sp³-hybridized carbons (Fsp3) is 0.304. The van der Waals surface area contributed by atoms with Crippen LogP contribution in [0.3, 0.4) is 0 Å². The average Bonchev–Trinajstić information content (AvgIpc) is 3.13. The van der Waals surface area contributed by atoms with Gasteiger partial charge in [0.2, 0.25) is 0 Å². The summed E-state index contributed by atoms with van der Waals surface area (Å²) in [7, 11) is 0. The predicted molar refractivity (Wildman–Crippen MR) is 108 cm³/mol. The van der Waals surface area contributed by atoms with Crippen LogP contribution in [-0.4, -0.2) is 41.9 Å². The van der Waals surface area contributed by atoms with E-state index in [0.717, 1.165) is 29.4 Å². The predicted octanol–water partition coefficient (Wildman–Crippen LogP) is 3.18. The summed E-state index contributed by atoms with van der Waals surface area (Å²) in [6, 6.07) is 17.8. The third kappa shape index (κ3) is 3.29. The van der Waals surface area contributed by atoms with Gasteiger partial charge in [0.25, 0.3) is 0 Å². The van der Waals surface area contributed by atoms with Gasteiger partial charge in [0.15, 0.2) is 0 Å². The van der Waals surface area contributed by atoms with E-state index in [1.54, 1.807) is 12.3 Å². The topological polar surface area (TPSA) is 76.3 Å². The molecule has 1 unspecified atom stereocenters. The Bertz CT molecular complexity index is 1100. The van der Waals surface area contributed by atoms with Gasteiger partial charge in [-0.25, -0.2) is 4.79 Å². The van der Waals surface area contributed by atoms with E-state index in [9.17, 15) is 10.1 Å². The maximum Gasteiger partial charge on any atom is 0.340 e. The molecule has 2 aliphatic heterocycles. The highest BCUT2D eigenvalue weighted by Gasteiger charge is 2.34. The molecule has 146 valence electrons. The highest BCUT2D eigenvalue weighted by atomic mass is 16.5. The van der Waals surface area contributed by atoms with Crippen LogP contribution >= 0.6 is 0 Å². The Labute approximate surface area is 168 Å². The Morgan fingerprint density at radius 2 is 1.83 bits per heavy atom. The number of nitriles is 1. The number of nitrogens with one attached hydrogen (secondary N) is 1. The van der Waals surface area contributed by atoms with E-state index < -0.39 is 0 Å². The number of morpholine rings is 1. The quantitative estimate of drug-likeness (QED) is 0.699. The molecule has 2 bridgehead atoms. The number of carbonyl (C=O) groups excluding carboxylic acids is 1. The monoisotopic (exact) mass is 387 g/mol. The number of fused-ring (bicyclic) bond motifs is 3. The Balaban J connectivity index is 1.49. The lowest BCUT2D eigenvalue weighted by molar-refractivity contribution is -0.0339. The minimum absolute atomic E-state index is 0.115. The van der Waals surface area contributed by atoms with Crippen LogP contribution in [0.2, 0.25) is 0 Å². The zero-order valence-corrected chi connectivity index (χ0v) is 15.9. The molecule has 3 heterocycles. The van der Waals surface area contributed by atoms with Crippen LogP contribution < -0.4 is 5.32 Å². The van der Waals surface area contributed by atoms with Crippen molar-refractivity contribution in [1.82, 2.24) is 9.88 Å². The summed E-state index contributed by atoms with van der Waals surface area (Å²) < 4.78 is 13.4. The van der Waals surface area contributed by atoms with E-state index in [4.69, 9.17) is 9.47 Å². The summed E-state index contributed by atoms with van der Waals surface area (Å²) in [5.74, 6) is -0.319. The molecule has 1 N–H and O–H groups in total. The second kappa shape index (κ2) is 7.36. The van der Waals surface area contributed by atoms with Crippen LogP contribution in [0.4, 0.5) is 0 Å². The number of para-hydroxylation sites is 2. The number of piperidine rings is 1. The third-order valence-electron chi connectivity index (χ3n) is 5.69. The normalized spacial score (nSPS) is 23.5. The number of aromatic nitrogens is 1. The summed E-state index contributed by atoms with van der Waals surface area (Å²) in [6.07, 6.45) is 3.20. The summed E-state index contributed by atoms with van der Waals surface area (Å²) in [5, 5.41) is 13.8. The molecular formula is C23H21N3O3. The van der Waals surface area contributed by atoms with Gasteiger partial charge in [0, 0.05) is 36.5 Å². The molecule has 2 fully saturated rings. The maximum atomic E-state index is 13.1. The van der Waals surface area contributed by atoms with Gasteiger partial charge in [-0.3, -0.25) is 0 Å². The van der Waals surface area contributed by atoms with E-state index in [2.05, 4.69) is 11.4 Å². The summed E-state index contributed by atoms with van der Waals surface area (Å²) in [6.45, 7) is 1.32. The molecule has 0 aliphatic carbocycles. The van der Waals surface area contributed by atoms with E-state index in [1.807, 2.05) is 47.0 Å². The number of carbonyl (C=O) groups is 1. The van der Waals surface area contributed by atoms with Crippen LogP contribution in [-0.2, 0) is 9.47 Å². The van der Waals surface area contributed by atoms with Crippen molar-refractivity contribution < 1.29 is 14.3 Å². The largest absolute Gasteiger partial charge is 0.459 e. The fourth-order valence-electron chi connectivity index (χ4n) is 4.42. The zero-order chi connectivity index (χ0) is 19.8. The van der Waals surface area contributed by atoms with Crippen molar-refractivity contribution in [2.75, 3.05) is 13.2 Å². The second-order valence-corrected chi connectivity index (χ2v) is 7.66. The van der Waals surface area contributed by atoms with Crippen LogP contribution in [0.5, 0.6) is 0 Å². The Kier molecular flexibility index (Phi) is 4.55. The molecule has 6 nitrogen and oxygen atoms in total. The number of nitrogens with zero attached hydrogens (tertiary/aromatic N) is 2. The van der Waals surface area contributed by atoms with Gasteiger partial charge in [0.1, 0.15) is 12.2 Å². The standard InChI is InChI=1S/C23H21N3O3/c24-11-15-5-1-3-7-21(15)26-12-20(19-6-2-4-8-22(19)26)23(27)29-18-9-16-13-28-14-17(10-18)25-16/h1-8,12,16-18,25H,9-10,13-14H2/t16-,17+,18?. The van der Waals surface area contributed by atoms with Crippen molar-refractivity contribution >= 4 is 16.9 Å². The molecule has 3 aromatic rings. The second-order valence-electron chi connectivity index (χ2n) is 7.66. The summed E-state index contributed by atoms with van der Waals surface area (Å²) >= 11 is 0.